The van der Waals surface area contributed by atoms with E-state index >= 15 is 0 Å². The molecule has 0 saturated heterocycles. The van der Waals surface area contributed by atoms with Crippen molar-refractivity contribution >= 4 is 16.9 Å². The first-order valence-corrected chi connectivity index (χ1v) is 11.2. The molecule has 32 heavy (non-hydrogen) atoms. The number of aromatic nitrogens is 1. The van der Waals surface area contributed by atoms with E-state index < -0.39 is 0 Å². The Kier molecular flexibility index (Phi) is 7.23. The van der Waals surface area contributed by atoms with E-state index in [0.29, 0.717) is 18.3 Å². The molecule has 0 unspecified atom stereocenters. The van der Waals surface area contributed by atoms with Crippen molar-refractivity contribution in [2.45, 2.75) is 32.2 Å². The van der Waals surface area contributed by atoms with Crippen molar-refractivity contribution in [3.63, 3.8) is 0 Å². The highest BCUT2D eigenvalue weighted by Gasteiger charge is 2.14. The van der Waals surface area contributed by atoms with Gasteiger partial charge < -0.3 is 14.0 Å². The van der Waals surface area contributed by atoms with Gasteiger partial charge in [-0.25, -0.2) is 4.79 Å². The first-order chi connectivity index (χ1) is 15.8. The first-order valence-electron chi connectivity index (χ1n) is 11.2. The van der Waals surface area contributed by atoms with Crippen LogP contribution in [0.1, 0.15) is 36.8 Å². The Morgan fingerprint density at radius 2 is 1.56 bits per heavy atom. The van der Waals surface area contributed by atoms with Gasteiger partial charge in [-0.15, -0.1) is 0 Å². The molecule has 0 aliphatic carbocycles. The van der Waals surface area contributed by atoms with Gasteiger partial charge in [0.15, 0.2) is 6.61 Å². The van der Waals surface area contributed by atoms with E-state index in [-0.39, 0.29) is 12.6 Å². The third kappa shape index (κ3) is 5.20. The van der Waals surface area contributed by atoms with Gasteiger partial charge in [-0.2, -0.15) is 0 Å². The van der Waals surface area contributed by atoms with Gasteiger partial charge in [0.2, 0.25) is 0 Å². The molecule has 0 fully saturated rings. The number of fused-ring (bicyclic) bond motifs is 1. The molecule has 164 valence electrons. The summed E-state index contributed by atoms with van der Waals surface area (Å²) in [6.45, 7) is 2.99. The minimum Gasteiger partial charge on any atom is -0.481 e. The maximum absolute atomic E-state index is 11.6. The number of nitrogens with zero attached hydrogens (tertiary/aromatic N) is 1. The maximum atomic E-state index is 11.6. The normalized spacial score (nSPS) is 11.1. The van der Waals surface area contributed by atoms with E-state index in [9.17, 15) is 4.79 Å². The van der Waals surface area contributed by atoms with E-state index in [4.69, 9.17) is 9.47 Å². The van der Waals surface area contributed by atoms with Gasteiger partial charge in [0.1, 0.15) is 5.75 Å². The number of carbonyl (C=O) groups excluding carboxylic acids is 1. The van der Waals surface area contributed by atoms with Gasteiger partial charge in [-0.05, 0) is 49.1 Å². The summed E-state index contributed by atoms with van der Waals surface area (Å²) in [4.78, 5) is 11.6. The number of hydrogen-bond donors (Lipinski definition) is 0. The maximum Gasteiger partial charge on any atom is 0.344 e. The largest absolute Gasteiger partial charge is 0.481 e. The number of ether oxygens (including phenoxy) is 2. The molecule has 4 aromatic rings. The molecule has 0 bridgehead atoms. The van der Waals surface area contributed by atoms with Crippen LogP contribution in [-0.4, -0.2) is 23.8 Å². The van der Waals surface area contributed by atoms with E-state index in [0.717, 1.165) is 30.3 Å². The monoisotopic (exact) mass is 427 g/mol. The quantitative estimate of drug-likeness (QED) is 0.283. The summed E-state index contributed by atoms with van der Waals surface area (Å²) in [6.07, 6.45) is 4.21. The standard InChI is InChI=1S/C28H29NO3/c1-2-31-28(30)21-32-27-17-9-16-26-25(27)18-20-29(26)19-10-15-24(22-11-5-3-6-12-22)23-13-7-4-8-14-23/h3-9,11-14,16-18,20,24H,2,10,15,19,21H2,1H3. The fourth-order valence-electron chi connectivity index (χ4n) is 4.22. The van der Waals surface area contributed by atoms with Gasteiger partial charge in [-0.3, -0.25) is 0 Å². The van der Waals surface area contributed by atoms with Crippen LogP contribution >= 0.6 is 0 Å². The lowest BCUT2D eigenvalue weighted by molar-refractivity contribution is -0.145. The van der Waals surface area contributed by atoms with Crippen molar-refractivity contribution in [1.82, 2.24) is 4.57 Å². The molecular weight excluding hydrogens is 398 g/mol. The Bertz CT molecular complexity index is 1100. The van der Waals surface area contributed by atoms with Crippen LogP contribution in [0.3, 0.4) is 0 Å². The molecule has 4 heteroatoms. The Balaban J connectivity index is 1.45. The molecule has 0 saturated carbocycles. The third-order valence-corrected chi connectivity index (χ3v) is 5.72. The molecular formula is C28H29NO3. The fraction of sp³-hybridized carbons (Fsp3) is 0.250. The Hall–Kier alpha value is -3.53. The van der Waals surface area contributed by atoms with E-state index in [1.807, 2.05) is 12.1 Å². The highest BCUT2D eigenvalue weighted by atomic mass is 16.6. The summed E-state index contributed by atoms with van der Waals surface area (Å²) in [5.74, 6) is 0.736. The molecule has 0 amide bonds. The van der Waals surface area contributed by atoms with Crippen molar-refractivity contribution in [3.05, 3.63) is 102 Å². The summed E-state index contributed by atoms with van der Waals surface area (Å²) in [5.41, 5.74) is 3.82. The minimum absolute atomic E-state index is 0.0754. The SMILES string of the molecule is CCOC(=O)COc1cccc2c1ccn2CCCC(c1ccccc1)c1ccccc1. The van der Waals surface area contributed by atoms with Gasteiger partial charge in [-0.1, -0.05) is 66.7 Å². The summed E-state index contributed by atoms with van der Waals surface area (Å²) >= 11 is 0. The van der Waals surface area contributed by atoms with Crippen LogP contribution in [0.25, 0.3) is 10.9 Å². The number of esters is 1. The summed E-state index contributed by atoms with van der Waals surface area (Å²) < 4.78 is 12.9. The lowest BCUT2D eigenvalue weighted by Gasteiger charge is -2.18. The minimum atomic E-state index is -0.350. The number of benzene rings is 3. The van der Waals surface area contributed by atoms with Crippen molar-refractivity contribution in [1.29, 1.82) is 0 Å². The second kappa shape index (κ2) is 10.7. The van der Waals surface area contributed by atoms with Crippen molar-refractivity contribution in [2.75, 3.05) is 13.2 Å². The van der Waals surface area contributed by atoms with Crippen molar-refractivity contribution in [2.24, 2.45) is 0 Å². The molecule has 0 aliphatic heterocycles. The molecule has 1 aromatic heterocycles. The number of carbonyl (C=O) groups is 1. The lowest BCUT2D eigenvalue weighted by Crippen LogP contribution is -2.14. The van der Waals surface area contributed by atoms with E-state index in [1.165, 1.54) is 11.1 Å². The number of rotatable bonds is 10. The van der Waals surface area contributed by atoms with Crippen LogP contribution < -0.4 is 4.74 Å². The highest BCUT2D eigenvalue weighted by Crippen LogP contribution is 2.31. The molecule has 0 spiro atoms. The zero-order valence-electron chi connectivity index (χ0n) is 18.4. The van der Waals surface area contributed by atoms with Gasteiger partial charge in [0, 0.05) is 24.0 Å². The molecule has 1 heterocycles. The topological polar surface area (TPSA) is 40.5 Å². The van der Waals surface area contributed by atoms with Crippen LogP contribution in [0.5, 0.6) is 5.75 Å². The number of hydrogen-bond acceptors (Lipinski definition) is 3. The van der Waals surface area contributed by atoms with Gasteiger partial charge >= 0.3 is 5.97 Å². The Labute approximate surface area is 189 Å². The average Bonchev–Trinajstić information content (AvgIpc) is 3.25. The van der Waals surface area contributed by atoms with Crippen LogP contribution in [0.2, 0.25) is 0 Å². The van der Waals surface area contributed by atoms with Crippen LogP contribution in [-0.2, 0) is 16.1 Å². The molecule has 0 N–H and O–H groups in total. The molecule has 3 aromatic carbocycles. The molecule has 0 atom stereocenters. The molecule has 4 rings (SSSR count). The number of aryl methyl sites for hydroxylation is 1. The zero-order chi connectivity index (χ0) is 22.2. The second-order valence-corrected chi connectivity index (χ2v) is 7.81. The summed E-state index contributed by atoms with van der Waals surface area (Å²) in [7, 11) is 0. The van der Waals surface area contributed by atoms with Gasteiger partial charge in [0.25, 0.3) is 0 Å². The van der Waals surface area contributed by atoms with Crippen LogP contribution in [0, 0.1) is 0 Å². The third-order valence-electron chi connectivity index (χ3n) is 5.72. The fourth-order valence-corrected chi connectivity index (χ4v) is 4.22. The molecule has 0 aliphatic rings. The van der Waals surface area contributed by atoms with Crippen molar-refractivity contribution < 1.29 is 14.3 Å². The Morgan fingerprint density at radius 1 is 0.875 bits per heavy atom. The predicted octanol–water partition coefficient (Wildman–Crippen LogP) is 6.20. The highest BCUT2D eigenvalue weighted by molar-refractivity contribution is 5.86. The predicted molar refractivity (Wildman–Crippen MR) is 128 cm³/mol. The van der Waals surface area contributed by atoms with Gasteiger partial charge in [0.05, 0.1) is 12.1 Å². The smallest absolute Gasteiger partial charge is 0.344 e. The first kappa shape index (κ1) is 21.7. The summed E-state index contributed by atoms with van der Waals surface area (Å²) in [6, 6.07) is 29.5. The second-order valence-electron chi connectivity index (χ2n) is 7.81. The molecule has 4 nitrogen and oxygen atoms in total. The van der Waals surface area contributed by atoms with E-state index in [2.05, 4.69) is 83.6 Å². The zero-order valence-corrected chi connectivity index (χ0v) is 18.4. The average molecular weight is 428 g/mol. The van der Waals surface area contributed by atoms with Crippen LogP contribution in [0.4, 0.5) is 0 Å². The van der Waals surface area contributed by atoms with Crippen molar-refractivity contribution in [3.8, 4) is 5.75 Å². The van der Waals surface area contributed by atoms with E-state index in [1.54, 1.807) is 6.92 Å². The summed E-state index contributed by atoms with van der Waals surface area (Å²) in [5, 5.41) is 1.01. The van der Waals surface area contributed by atoms with Crippen LogP contribution in [0.15, 0.2) is 91.1 Å². The molecule has 0 radical (unpaired) electrons. The lowest BCUT2D eigenvalue weighted by atomic mass is 9.87. The Morgan fingerprint density at radius 3 is 2.22 bits per heavy atom.